The Morgan fingerprint density at radius 3 is 1.71 bits per heavy atom. The van der Waals surface area contributed by atoms with Crippen molar-refractivity contribution in [3.8, 4) is 11.5 Å². The van der Waals surface area contributed by atoms with Gasteiger partial charge in [0.1, 0.15) is 0 Å². The van der Waals surface area contributed by atoms with Crippen molar-refractivity contribution in [2.45, 2.75) is 58.8 Å². The molecule has 2 nitrogen and oxygen atoms in total. The van der Waals surface area contributed by atoms with Crippen molar-refractivity contribution >= 4 is 0 Å². The van der Waals surface area contributed by atoms with Gasteiger partial charge in [-0.15, -0.1) is 0 Å². The van der Waals surface area contributed by atoms with E-state index < -0.39 is 0 Å². The number of unbranched alkanes of at least 4 members (excludes halogenated alkanes) is 3. The Morgan fingerprint density at radius 1 is 0.765 bits per heavy atom. The van der Waals surface area contributed by atoms with E-state index in [0.717, 1.165) is 49.7 Å². The van der Waals surface area contributed by atoms with Crippen LogP contribution in [0.5, 0.6) is 11.5 Å². The first-order valence-corrected chi connectivity index (χ1v) is 6.73. The van der Waals surface area contributed by atoms with Gasteiger partial charge in [-0.1, -0.05) is 45.2 Å². The Bertz CT molecular complexity index is 345. The molecule has 0 fully saturated rings. The minimum Gasteiger partial charge on any atom is -0.504 e. The van der Waals surface area contributed by atoms with E-state index in [2.05, 4.69) is 13.8 Å². The molecule has 0 aliphatic heterocycles. The van der Waals surface area contributed by atoms with Crippen LogP contribution in [0.3, 0.4) is 0 Å². The van der Waals surface area contributed by atoms with Crippen LogP contribution in [0.1, 0.15) is 57.1 Å². The number of benzene rings is 1. The fraction of sp³-hybridized carbons (Fsp3) is 0.600. The van der Waals surface area contributed by atoms with Gasteiger partial charge in [0.25, 0.3) is 0 Å². The summed E-state index contributed by atoms with van der Waals surface area (Å²) in [4.78, 5) is 0. The normalized spacial score (nSPS) is 10.7. The molecular formula is C15H24O2. The van der Waals surface area contributed by atoms with E-state index in [1.165, 1.54) is 6.42 Å². The fourth-order valence-electron chi connectivity index (χ4n) is 2.00. The largest absolute Gasteiger partial charge is 0.504 e. The summed E-state index contributed by atoms with van der Waals surface area (Å²) in [7, 11) is 0. The molecule has 0 saturated carbocycles. The predicted molar refractivity (Wildman–Crippen MR) is 71.6 cm³/mol. The van der Waals surface area contributed by atoms with Crippen LogP contribution >= 0.6 is 0 Å². The lowest BCUT2D eigenvalue weighted by molar-refractivity contribution is 0.394. The van der Waals surface area contributed by atoms with Gasteiger partial charge in [-0.3, -0.25) is 0 Å². The van der Waals surface area contributed by atoms with Crippen LogP contribution < -0.4 is 0 Å². The highest BCUT2D eigenvalue weighted by Crippen LogP contribution is 2.34. The van der Waals surface area contributed by atoms with Crippen LogP contribution in [0, 0.1) is 0 Å². The Morgan fingerprint density at radius 2 is 1.24 bits per heavy atom. The van der Waals surface area contributed by atoms with Crippen LogP contribution in [0.4, 0.5) is 0 Å². The highest BCUT2D eigenvalue weighted by molar-refractivity contribution is 5.50. The summed E-state index contributed by atoms with van der Waals surface area (Å²) in [6.45, 7) is 4.28. The van der Waals surface area contributed by atoms with Gasteiger partial charge in [0.05, 0.1) is 0 Å². The Balaban J connectivity index is 2.72. The lowest BCUT2D eigenvalue weighted by Crippen LogP contribution is -1.91. The third kappa shape index (κ3) is 3.95. The van der Waals surface area contributed by atoms with E-state index in [-0.39, 0.29) is 11.5 Å². The second-order valence-electron chi connectivity index (χ2n) is 4.64. The summed E-state index contributed by atoms with van der Waals surface area (Å²) in [5.74, 6) is 0.183. The molecule has 1 aromatic carbocycles. The van der Waals surface area contributed by atoms with Gasteiger partial charge in [-0.05, 0) is 36.8 Å². The summed E-state index contributed by atoms with van der Waals surface area (Å²) in [6.07, 6.45) is 7.23. The van der Waals surface area contributed by atoms with Crippen LogP contribution in [0.25, 0.3) is 0 Å². The number of hydrogen-bond donors (Lipinski definition) is 2. The average Bonchev–Trinajstić information content (AvgIpc) is 2.34. The Hall–Kier alpha value is -1.18. The minimum atomic E-state index is 0.0902. The summed E-state index contributed by atoms with van der Waals surface area (Å²) in [5, 5.41) is 19.8. The summed E-state index contributed by atoms with van der Waals surface area (Å²) in [6, 6.07) is 3.90. The molecule has 1 aromatic rings. The zero-order valence-corrected chi connectivity index (χ0v) is 11.0. The Kier molecular flexibility index (Phi) is 5.88. The monoisotopic (exact) mass is 236 g/mol. The summed E-state index contributed by atoms with van der Waals surface area (Å²) < 4.78 is 0. The molecule has 96 valence electrons. The second-order valence-corrected chi connectivity index (χ2v) is 4.64. The third-order valence-corrected chi connectivity index (χ3v) is 3.17. The van der Waals surface area contributed by atoms with E-state index in [0.29, 0.717) is 0 Å². The van der Waals surface area contributed by atoms with E-state index in [4.69, 9.17) is 0 Å². The predicted octanol–water partition coefficient (Wildman–Crippen LogP) is 4.17. The number of aryl methyl sites for hydroxylation is 2. The van der Waals surface area contributed by atoms with Crippen molar-refractivity contribution in [1.29, 1.82) is 0 Å². The molecule has 1 rings (SSSR count). The zero-order chi connectivity index (χ0) is 12.7. The molecule has 0 heterocycles. The van der Waals surface area contributed by atoms with Crippen molar-refractivity contribution in [2.24, 2.45) is 0 Å². The summed E-state index contributed by atoms with van der Waals surface area (Å²) in [5.41, 5.74) is 1.74. The van der Waals surface area contributed by atoms with Gasteiger partial charge in [0, 0.05) is 0 Å². The first-order valence-electron chi connectivity index (χ1n) is 6.73. The van der Waals surface area contributed by atoms with Crippen LogP contribution in [-0.2, 0) is 12.8 Å². The number of rotatable bonds is 7. The molecule has 0 amide bonds. The van der Waals surface area contributed by atoms with Crippen LogP contribution in [-0.4, -0.2) is 10.2 Å². The maximum absolute atomic E-state index is 9.93. The topological polar surface area (TPSA) is 40.5 Å². The number of hydrogen-bond acceptors (Lipinski definition) is 2. The van der Waals surface area contributed by atoms with E-state index in [1.54, 1.807) is 0 Å². The maximum atomic E-state index is 9.93. The fourth-order valence-corrected chi connectivity index (χ4v) is 2.00. The Labute approximate surface area is 104 Å². The molecule has 0 radical (unpaired) electrons. The highest BCUT2D eigenvalue weighted by Gasteiger charge is 2.10. The molecule has 0 bridgehead atoms. The lowest BCUT2D eigenvalue weighted by atomic mass is 10.0. The second kappa shape index (κ2) is 7.21. The average molecular weight is 236 g/mol. The van der Waals surface area contributed by atoms with Crippen molar-refractivity contribution in [1.82, 2.24) is 0 Å². The third-order valence-electron chi connectivity index (χ3n) is 3.17. The highest BCUT2D eigenvalue weighted by atomic mass is 16.3. The number of aromatic hydroxyl groups is 2. The first kappa shape index (κ1) is 13.9. The van der Waals surface area contributed by atoms with Crippen molar-refractivity contribution in [2.75, 3.05) is 0 Å². The zero-order valence-electron chi connectivity index (χ0n) is 11.0. The molecule has 0 unspecified atom stereocenters. The number of phenolic OH excluding ortho intramolecular Hbond substituents is 2. The molecule has 0 aliphatic rings. The number of phenols is 2. The molecule has 0 spiro atoms. The molecule has 0 saturated heterocycles. The summed E-state index contributed by atoms with van der Waals surface area (Å²) >= 11 is 0. The molecule has 0 aliphatic carbocycles. The molecular weight excluding hydrogens is 212 g/mol. The maximum Gasteiger partial charge on any atom is 0.160 e. The van der Waals surface area contributed by atoms with Gasteiger partial charge in [0.15, 0.2) is 11.5 Å². The van der Waals surface area contributed by atoms with Crippen LogP contribution in [0.15, 0.2) is 12.1 Å². The standard InChI is InChI=1S/C15H24O2/c1-3-5-7-9-13-11-10-12(8-6-4-2)14(16)15(13)17/h10-11,16-17H,3-9H2,1-2H3. The molecule has 0 aromatic heterocycles. The van der Waals surface area contributed by atoms with Crippen molar-refractivity contribution in [3.05, 3.63) is 23.3 Å². The van der Waals surface area contributed by atoms with Crippen LogP contribution in [0.2, 0.25) is 0 Å². The van der Waals surface area contributed by atoms with Gasteiger partial charge < -0.3 is 10.2 Å². The first-order chi connectivity index (χ1) is 8.20. The smallest absolute Gasteiger partial charge is 0.160 e. The minimum absolute atomic E-state index is 0.0902. The quantitative estimate of drug-likeness (QED) is 0.551. The lowest BCUT2D eigenvalue weighted by Gasteiger charge is -2.10. The van der Waals surface area contributed by atoms with E-state index >= 15 is 0 Å². The van der Waals surface area contributed by atoms with Gasteiger partial charge in [0.2, 0.25) is 0 Å². The van der Waals surface area contributed by atoms with Gasteiger partial charge >= 0.3 is 0 Å². The molecule has 0 atom stereocenters. The molecule has 17 heavy (non-hydrogen) atoms. The van der Waals surface area contributed by atoms with Crippen molar-refractivity contribution in [3.63, 3.8) is 0 Å². The molecule has 2 heteroatoms. The van der Waals surface area contributed by atoms with Gasteiger partial charge in [-0.25, -0.2) is 0 Å². The molecule has 2 N–H and O–H groups in total. The van der Waals surface area contributed by atoms with Crippen molar-refractivity contribution < 1.29 is 10.2 Å². The van der Waals surface area contributed by atoms with Gasteiger partial charge in [-0.2, -0.15) is 0 Å². The van der Waals surface area contributed by atoms with E-state index in [9.17, 15) is 10.2 Å². The SMILES string of the molecule is CCCCCc1ccc(CCCC)c(O)c1O. The van der Waals surface area contributed by atoms with E-state index in [1.807, 2.05) is 12.1 Å².